The molecule has 0 bridgehead atoms. The van der Waals surface area contributed by atoms with E-state index in [1.807, 2.05) is 0 Å². The van der Waals surface area contributed by atoms with Crippen LogP contribution in [-0.4, -0.2) is 59.8 Å². The highest BCUT2D eigenvalue weighted by Gasteiger charge is 2.22. The number of benzene rings is 2. The second-order valence-electron chi connectivity index (χ2n) is 6.48. The molecule has 0 atom stereocenters. The fourth-order valence-electron chi connectivity index (χ4n) is 2.77. The highest BCUT2D eigenvalue weighted by atomic mass is 32.2. The molecule has 0 aromatic heterocycles. The fraction of sp³-hybridized carbons (Fsp3) is 0.300. The second kappa shape index (κ2) is 10.7. The zero-order valence-corrected chi connectivity index (χ0v) is 19.5. The van der Waals surface area contributed by atoms with Gasteiger partial charge in [0, 0.05) is 18.8 Å². The maximum atomic E-state index is 12.6. The van der Waals surface area contributed by atoms with Crippen molar-refractivity contribution in [2.75, 3.05) is 32.1 Å². The topological polar surface area (TPSA) is 139 Å². The van der Waals surface area contributed by atoms with Crippen LogP contribution in [0, 0.1) is 0 Å². The van der Waals surface area contributed by atoms with Crippen molar-refractivity contribution in [2.24, 2.45) is 0 Å². The van der Waals surface area contributed by atoms with Crippen molar-refractivity contribution in [1.82, 2.24) is 9.03 Å². The molecule has 2 aromatic carbocycles. The zero-order valence-electron chi connectivity index (χ0n) is 17.9. The van der Waals surface area contributed by atoms with E-state index < -0.39 is 38.5 Å². The Bertz CT molecular complexity index is 1190. The smallest absolute Gasteiger partial charge is 0.338 e. The van der Waals surface area contributed by atoms with Crippen LogP contribution in [0.15, 0.2) is 58.3 Å². The van der Waals surface area contributed by atoms with Gasteiger partial charge in [-0.25, -0.2) is 26.4 Å². The third-order valence-electron chi connectivity index (χ3n) is 4.44. The first kappa shape index (κ1) is 25.5. The van der Waals surface area contributed by atoms with Gasteiger partial charge in [-0.05, 0) is 43.4 Å². The summed E-state index contributed by atoms with van der Waals surface area (Å²) in [6.45, 7) is 3.43. The van der Waals surface area contributed by atoms with Crippen LogP contribution in [0.2, 0.25) is 0 Å². The minimum atomic E-state index is -3.74. The van der Waals surface area contributed by atoms with Gasteiger partial charge in [0.25, 0.3) is 5.91 Å². The van der Waals surface area contributed by atoms with Crippen molar-refractivity contribution >= 4 is 37.6 Å². The van der Waals surface area contributed by atoms with Gasteiger partial charge >= 0.3 is 5.97 Å². The number of hydrogen-bond acceptors (Lipinski definition) is 7. The average molecular weight is 484 g/mol. The van der Waals surface area contributed by atoms with Crippen molar-refractivity contribution in [1.29, 1.82) is 0 Å². The Morgan fingerprint density at radius 3 is 2.19 bits per heavy atom. The van der Waals surface area contributed by atoms with Crippen molar-refractivity contribution in [3.8, 4) is 0 Å². The predicted molar refractivity (Wildman–Crippen MR) is 118 cm³/mol. The Hall–Kier alpha value is -2.80. The van der Waals surface area contributed by atoms with E-state index in [0.29, 0.717) is 13.1 Å². The van der Waals surface area contributed by atoms with E-state index in [-0.39, 0.29) is 21.0 Å². The summed E-state index contributed by atoms with van der Waals surface area (Å²) in [6, 6.07) is 10.9. The van der Waals surface area contributed by atoms with Crippen LogP contribution in [0.1, 0.15) is 24.2 Å². The number of amides is 1. The Labute approximate surface area is 187 Å². The standard InChI is InChI=1S/C20H25N3O7S2/c1-4-23(5-2)32(28,29)18-11-7-9-16(13-18)22-19(24)14-30-20(25)15-8-6-10-17(12-15)31(26,27)21-3/h6-13,21H,4-5,14H2,1-3H3,(H,22,24). The molecule has 0 saturated heterocycles. The molecule has 0 fully saturated rings. The number of esters is 1. The van der Waals surface area contributed by atoms with Gasteiger partial charge in [0.05, 0.1) is 15.4 Å². The van der Waals surface area contributed by atoms with E-state index in [2.05, 4.69) is 10.0 Å². The molecular formula is C20H25N3O7S2. The molecule has 0 unspecified atom stereocenters. The number of sulfonamides is 2. The lowest BCUT2D eigenvalue weighted by molar-refractivity contribution is -0.119. The summed E-state index contributed by atoms with van der Waals surface area (Å²) in [6.07, 6.45) is 0. The maximum Gasteiger partial charge on any atom is 0.338 e. The van der Waals surface area contributed by atoms with E-state index in [9.17, 15) is 26.4 Å². The molecule has 1 amide bonds. The first-order chi connectivity index (χ1) is 15.0. The molecule has 174 valence electrons. The number of nitrogens with zero attached hydrogens (tertiary/aromatic N) is 1. The third-order valence-corrected chi connectivity index (χ3v) is 7.90. The minimum absolute atomic E-state index is 0.0264. The number of carbonyl (C=O) groups excluding carboxylic acids is 2. The monoisotopic (exact) mass is 483 g/mol. The van der Waals surface area contributed by atoms with Crippen LogP contribution in [0.5, 0.6) is 0 Å². The van der Waals surface area contributed by atoms with Crippen LogP contribution >= 0.6 is 0 Å². The Balaban J connectivity index is 2.05. The molecule has 0 aliphatic heterocycles. The van der Waals surface area contributed by atoms with Crippen molar-refractivity contribution in [3.05, 3.63) is 54.1 Å². The summed E-state index contributed by atoms with van der Waals surface area (Å²) >= 11 is 0. The highest BCUT2D eigenvalue weighted by Crippen LogP contribution is 2.19. The summed E-state index contributed by atoms with van der Waals surface area (Å²) in [5, 5.41) is 2.48. The number of rotatable bonds is 10. The van der Waals surface area contributed by atoms with Crippen LogP contribution in [-0.2, 0) is 29.6 Å². The summed E-state index contributed by atoms with van der Waals surface area (Å²) in [4.78, 5) is 24.3. The number of nitrogens with one attached hydrogen (secondary N) is 2. The van der Waals surface area contributed by atoms with Crippen molar-refractivity contribution < 1.29 is 31.2 Å². The summed E-state index contributed by atoms with van der Waals surface area (Å²) in [7, 11) is -6.20. The van der Waals surface area contributed by atoms with Gasteiger partial charge < -0.3 is 10.1 Å². The predicted octanol–water partition coefficient (Wildman–Crippen LogP) is 1.42. The third kappa shape index (κ3) is 6.13. The van der Waals surface area contributed by atoms with Gasteiger partial charge in [0.1, 0.15) is 0 Å². The van der Waals surface area contributed by atoms with Crippen molar-refractivity contribution in [3.63, 3.8) is 0 Å². The molecule has 0 radical (unpaired) electrons. The Kier molecular flexibility index (Phi) is 8.50. The maximum absolute atomic E-state index is 12.6. The summed E-state index contributed by atoms with van der Waals surface area (Å²) in [5.74, 6) is -1.57. The van der Waals surface area contributed by atoms with Gasteiger partial charge in [0.2, 0.25) is 20.0 Å². The van der Waals surface area contributed by atoms with Gasteiger partial charge in [-0.1, -0.05) is 26.0 Å². The van der Waals surface area contributed by atoms with Gasteiger partial charge in [0.15, 0.2) is 6.61 Å². The molecule has 2 N–H and O–H groups in total. The molecule has 0 spiro atoms. The highest BCUT2D eigenvalue weighted by molar-refractivity contribution is 7.89. The molecule has 0 aliphatic carbocycles. The van der Waals surface area contributed by atoms with Crippen molar-refractivity contribution in [2.45, 2.75) is 23.6 Å². The first-order valence-corrected chi connectivity index (χ1v) is 12.6. The molecule has 2 aromatic rings. The largest absolute Gasteiger partial charge is 0.452 e. The normalized spacial score (nSPS) is 11.9. The van der Waals surface area contributed by atoms with Crippen LogP contribution in [0.3, 0.4) is 0 Å². The molecular weight excluding hydrogens is 458 g/mol. The molecule has 10 nitrogen and oxygen atoms in total. The average Bonchev–Trinajstić information content (AvgIpc) is 2.78. The second-order valence-corrected chi connectivity index (χ2v) is 10.3. The van der Waals surface area contributed by atoms with Gasteiger partial charge in [-0.15, -0.1) is 0 Å². The molecule has 2 rings (SSSR count). The quantitative estimate of drug-likeness (QED) is 0.487. The molecule has 12 heteroatoms. The van der Waals surface area contributed by atoms with Gasteiger partial charge in [-0.2, -0.15) is 4.31 Å². The molecule has 0 heterocycles. The number of anilines is 1. The minimum Gasteiger partial charge on any atom is -0.452 e. The Morgan fingerprint density at radius 2 is 1.56 bits per heavy atom. The lowest BCUT2D eigenvalue weighted by Crippen LogP contribution is -2.30. The fourth-order valence-corrected chi connectivity index (χ4v) is 5.05. The number of carbonyl (C=O) groups is 2. The van der Waals surface area contributed by atoms with Crippen LogP contribution < -0.4 is 10.0 Å². The summed E-state index contributed by atoms with van der Waals surface area (Å²) < 4.78 is 57.3. The number of hydrogen-bond donors (Lipinski definition) is 2. The van der Waals surface area contributed by atoms with Crippen LogP contribution in [0.4, 0.5) is 5.69 Å². The zero-order chi connectivity index (χ0) is 23.9. The Morgan fingerprint density at radius 1 is 0.938 bits per heavy atom. The SMILES string of the molecule is CCN(CC)S(=O)(=O)c1cccc(NC(=O)COC(=O)c2cccc(S(=O)(=O)NC)c2)c1. The molecule has 0 saturated carbocycles. The summed E-state index contributed by atoms with van der Waals surface area (Å²) in [5.41, 5.74) is 0.183. The van der Waals surface area contributed by atoms with Gasteiger partial charge in [-0.3, -0.25) is 4.79 Å². The molecule has 0 aliphatic rings. The van der Waals surface area contributed by atoms with E-state index in [4.69, 9.17) is 4.74 Å². The van der Waals surface area contributed by atoms with E-state index in [1.54, 1.807) is 13.8 Å². The van der Waals surface area contributed by atoms with E-state index in [0.717, 1.165) is 6.07 Å². The van der Waals surface area contributed by atoms with E-state index >= 15 is 0 Å². The number of ether oxygens (including phenoxy) is 1. The van der Waals surface area contributed by atoms with Crippen LogP contribution in [0.25, 0.3) is 0 Å². The lowest BCUT2D eigenvalue weighted by atomic mass is 10.2. The molecule has 32 heavy (non-hydrogen) atoms. The lowest BCUT2D eigenvalue weighted by Gasteiger charge is -2.18. The first-order valence-electron chi connectivity index (χ1n) is 9.66. The van der Waals surface area contributed by atoms with E-state index in [1.165, 1.54) is 53.8 Å².